The molecule has 0 fully saturated rings. The summed E-state index contributed by atoms with van der Waals surface area (Å²) in [6.45, 7) is 0.200. The molecule has 2 aliphatic rings. The number of hydrogen-bond acceptors (Lipinski definition) is 4. The summed E-state index contributed by atoms with van der Waals surface area (Å²) in [6.07, 6.45) is 0.199. The number of rotatable bonds is 0. The molecule has 0 aromatic heterocycles. The van der Waals surface area contributed by atoms with Crippen LogP contribution in [0.3, 0.4) is 0 Å². The Morgan fingerprint density at radius 3 is 2.36 bits per heavy atom. The molecule has 2 aliphatic heterocycles. The second-order valence-corrected chi connectivity index (χ2v) is 7.17. The van der Waals surface area contributed by atoms with Gasteiger partial charge in [0, 0.05) is 18.5 Å². The van der Waals surface area contributed by atoms with Gasteiger partial charge < -0.3 is 4.90 Å². The molecular weight excluding hydrogens is 302 g/mol. The Balaban J connectivity index is 2.18. The SMILES string of the molecule is O=C1CCN2C(=O)c3ccccc3S(=O)(=O)c3cccc1c32. The molecule has 5 nitrogen and oxygen atoms in total. The Kier molecular flexibility index (Phi) is 2.56. The van der Waals surface area contributed by atoms with Gasteiger partial charge in [0.2, 0.25) is 9.84 Å². The maximum absolute atomic E-state index is 12.9. The molecule has 0 saturated carbocycles. The van der Waals surface area contributed by atoms with Gasteiger partial charge >= 0.3 is 0 Å². The van der Waals surface area contributed by atoms with E-state index < -0.39 is 9.84 Å². The van der Waals surface area contributed by atoms with Crippen LogP contribution in [-0.2, 0) is 9.84 Å². The largest absolute Gasteiger partial charge is 0.306 e. The van der Waals surface area contributed by atoms with Crippen LogP contribution in [0, 0.1) is 0 Å². The van der Waals surface area contributed by atoms with E-state index in [0.29, 0.717) is 5.56 Å². The number of sulfone groups is 1. The van der Waals surface area contributed by atoms with Gasteiger partial charge in [0.1, 0.15) is 0 Å². The minimum absolute atomic E-state index is 0.00440. The van der Waals surface area contributed by atoms with Crippen LogP contribution in [0.1, 0.15) is 27.1 Å². The van der Waals surface area contributed by atoms with Crippen LogP contribution in [-0.4, -0.2) is 26.7 Å². The average Bonchev–Trinajstić information content (AvgIpc) is 2.60. The highest BCUT2D eigenvalue weighted by atomic mass is 32.2. The van der Waals surface area contributed by atoms with Gasteiger partial charge in [0.05, 0.1) is 21.0 Å². The van der Waals surface area contributed by atoms with Crippen molar-refractivity contribution < 1.29 is 18.0 Å². The summed E-state index contributed by atoms with van der Waals surface area (Å²) in [4.78, 5) is 26.3. The highest BCUT2D eigenvalue weighted by molar-refractivity contribution is 7.91. The Labute approximate surface area is 127 Å². The number of fused-ring (bicyclic) bond motifs is 1. The van der Waals surface area contributed by atoms with E-state index >= 15 is 0 Å². The van der Waals surface area contributed by atoms with E-state index in [-0.39, 0.29) is 45.7 Å². The number of amides is 1. The van der Waals surface area contributed by atoms with E-state index in [0.717, 1.165) is 0 Å². The van der Waals surface area contributed by atoms with Crippen molar-refractivity contribution in [3.8, 4) is 0 Å². The van der Waals surface area contributed by atoms with Crippen LogP contribution < -0.4 is 4.90 Å². The quantitative estimate of drug-likeness (QED) is 0.746. The fourth-order valence-electron chi connectivity index (χ4n) is 3.05. The second kappa shape index (κ2) is 4.27. The number of Topliss-reactive ketones (excluding diaryl/α,β-unsaturated/α-hetero) is 1. The molecule has 0 aliphatic carbocycles. The van der Waals surface area contributed by atoms with E-state index in [9.17, 15) is 18.0 Å². The van der Waals surface area contributed by atoms with Crippen LogP contribution in [0.15, 0.2) is 52.3 Å². The highest BCUT2D eigenvalue weighted by Crippen LogP contribution is 2.41. The van der Waals surface area contributed by atoms with E-state index in [1.54, 1.807) is 24.3 Å². The summed E-state index contributed by atoms with van der Waals surface area (Å²) >= 11 is 0. The van der Waals surface area contributed by atoms with Crippen molar-refractivity contribution in [1.82, 2.24) is 0 Å². The minimum atomic E-state index is -3.84. The molecule has 0 bridgehead atoms. The highest BCUT2D eigenvalue weighted by Gasteiger charge is 2.39. The number of ketones is 1. The number of benzene rings is 2. The van der Waals surface area contributed by atoms with Crippen molar-refractivity contribution in [1.29, 1.82) is 0 Å². The third-order valence-electron chi connectivity index (χ3n) is 4.07. The first kappa shape index (κ1) is 13.2. The summed E-state index contributed by atoms with van der Waals surface area (Å²) in [7, 11) is -3.84. The number of para-hydroxylation sites is 1. The molecule has 22 heavy (non-hydrogen) atoms. The van der Waals surface area contributed by atoms with Crippen molar-refractivity contribution in [2.24, 2.45) is 0 Å². The molecule has 0 atom stereocenters. The Morgan fingerprint density at radius 1 is 0.864 bits per heavy atom. The number of carbonyl (C=O) groups is 2. The van der Waals surface area contributed by atoms with E-state index in [2.05, 4.69) is 0 Å². The van der Waals surface area contributed by atoms with Crippen molar-refractivity contribution >= 4 is 27.2 Å². The number of anilines is 1. The van der Waals surface area contributed by atoms with Crippen molar-refractivity contribution in [3.63, 3.8) is 0 Å². The number of hydrogen-bond donors (Lipinski definition) is 0. The first-order valence-electron chi connectivity index (χ1n) is 6.84. The lowest BCUT2D eigenvalue weighted by Crippen LogP contribution is -2.37. The molecule has 1 amide bonds. The molecule has 0 saturated heterocycles. The third kappa shape index (κ3) is 1.55. The fraction of sp³-hybridized carbons (Fsp3) is 0.125. The number of carbonyl (C=O) groups excluding carboxylic acids is 2. The predicted octanol–water partition coefficient (Wildman–Crippen LogP) is 2.07. The summed E-state index contributed by atoms with van der Waals surface area (Å²) in [5.74, 6) is -0.514. The second-order valence-electron chi connectivity index (χ2n) is 5.28. The lowest BCUT2D eigenvalue weighted by Gasteiger charge is -2.28. The Morgan fingerprint density at radius 2 is 1.55 bits per heavy atom. The minimum Gasteiger partial charge on any atom is -0.306 e. The standard InChI is InChI=1S/C16H11NO4S/c18-12-8-9-17-15-10(12)5-3-7-14(15)22(20,21)13-6-2-1-4-11(13)16(17)19/h1-7H,8-9H2. The van der Waals surface area contributed by atoms with Gasteiger partial charge in [-0.1, -0.05) is 18.2 Å². The van der Waals surface area contributed by atoms with E-state index in [1.807, 2.05) is 0 Å². The molecule has 2 aromatic carbocycles. The smallest absolute Gasteiger partial charge is 0.259 e. The summed E-state index contributed by atoms with van der Waals surface area (Å²) in [6, 6.07) is 10.7. The van der Waals surface area contributed by atoms with Gasteiger partial charge in [0.15, 0.2) is 5.78 Å². The van der Waals surface area contributed by atoms with Crippen molar-refractivity contribution in [2.75, 3.05) is 11.4 Å². The average molecular weight is 313 g/mol. The molecule has 0 unspecified atom stereocenters. The maximum Gasteiger partial charge on any atom is 0.259 e. The van der Waals surface area contributed by atoms with E-state index in [1.165, 1.54) is 23.1 Å². The summed E-state index contributed by atoms with van der Waals surface area (Å²) in [5.41, 5.74) is 0.674. The van der Waals surface area contributed by atoms with Gasteiger partial charge in [-0.05, 0) is 24.3 Å². The topological polar surface area (TPSA) is 71.5 Å². The van der Waals surface area contributed by atoms with Crippen LogP contribution in [0.2, 0.25) is 0 Å². The molecule has 0 spiro atoms. The fourth-order valence-corrected chi connectivity index (χ4v) is 4.72. The molecule has 4 rings (SSSR count). The maximum atomic E-state index is 12.9. The van der Waals surface area contributed by atoms with Crippen molar-refractivity contribution in [2.45, 2.75) is 16.2 Å². The zero-order valence-electron chi connectivity index (χ0n) is 11.4. The van der Waals surface area contributed by atoms with Gasteiger partial charge in [0.25, 0.3) is 5.91 Å². The molecule has 2 aromatic rings. The molecule has 0 N–H and O–H groups in total. The molecular formula is C16H11NO4S. The molecule has 0 radical (unpaired) electrons. The monoisotopic (exact) mass is 313 g/mol. The van der Waals surface area contributed by atoms with Gasteiger partial charge in [-0.25, -0.2) is 8.42 Å². The third-order valence-corrected chi connectivity index (χ3v) is 5.92. The van der Waals surface area contributed by atoms with Gasteiger partial charge in [-0.2, -0.15) is 0 Å². The van der Waals surface area contributed by atoms with Crippen molar-refractivity contribution in [3.05, 3.63) is 53.6 Å². The lowest BCUT2D eigenvalue weighted by molar-refractivity contribution is 0.0953. The normalized spacial score (nSPS) is 18.5. The zero-order valence-corrected chi connectivity index (χ0v) is 12.3. The number of nitrogens with zero attached hydrogens (tertiary/aromatic N) is 1. The first-order chi connectivity index (χ1) is 10.5. The van der Waals surface area contributed by atoms with Gasteiger partial charge in [-0.15, -0.1) is 0 Å². The Hall–Kier alpha value is -2.47. The first-order valence-corrected chi connectivity index (χ1v) is 8.32. The van der Waals surface area contributed by atoms with Crippen LogP contribution >= 0.6 is 0 Å². The van der Waals surface area contributed by atoms with Crippen LogP contribution in [0.4, 0.5) is 5.69 Å². The summed E-state index contributed by atoms with van der Waals surface area (Å²) in [5, 5.41) is 0. The van der Waals surface area contributed by atoms with E-state index in [4.69, 9.17) is 0 Å². The zero-order chi connectivity index (χ0) is 15.5. The van der Waals surface area contributed by atoms with Gasteiger partial charge in [-0.3, -0.25) is 9.59 Å². The Bertz CT molecular complexity index is 946. The van der Waals surface area contributed by atoms with Crippen LogP contribution in [0.25, 0.3) is 0 Å². The predicted molar refractivity (Wildman–Crippen MR) is 79.0 cm³/mol. The molecule has 6 heteroatoms. The molecule has 2 heterocycles. The lowest BCUT2D eigenvalue weighted by atomic mass is 9.99. The van der Waals surface area contributed by atoms with Crippen LogP contribution in [0.5, 0.6) is 0 Å². The molecule has 110 valence electrons. The summed E-state index contributed by atoms with van der Waals surface area (Å²) < 4.78 is 25.8.